The molecule has 1 aromatic carbocycles. The van der Waals surface area contributed by atoms with Crippen LogP contribution in [0, 0.1) is 6.92 Å². The molecular weight excluding hydrogens is 469 g/mol. The van der Waals surface area contributed by atoms with Crippen LogP contribution in [0.25, 0.3) is 21.5 Å². The zero-order valence-corrected chi connectivity index (χ0v) is 19.5. The van der Waals surface area contributed by atoms with Gasteiger partial charge in [-0.15, -0.1) is 11.3 Å². The van der Waals surface area contributed by atoms with Gasteiger partial charge in [-0.3, -0.25) is 9.69 Å². The lowest BCUT2D eigenvalue weighted by atomic mass is 10.1. The monoisotopic (exact) mass is 489 g/mol. The van der Waals surface area contributed by atoms with Crippen molar-refractivity contribution >= 4 is 45.1 Å². The van der Waals surface area contributed by atoms with Crippen LogP contribution in [0.4, 0.5) is 9.18 Å². The fourth-order valence-electron chi connectivity index (χ4n) is 4.11. The Labute approximate surface area is 198 Å². The molecule has 8 nitrogen and oxygen atoms in total. The Morgan fingerprint density at radius 1 is 1.27 bits per heavy atom. The van der Waals surface area contributed by atoms with Gasteiger partial charge in [-0.05, 0) is 30.7 Å². The summed E-state index contributed by atoms with van der Waals surface area (Å²) in [7, 11) is 1.60. The first-order valence-corrected chi connectivity index (χ1v) is 11.6. The van der Waals surface area contributed by atoms with Crippen LogP contribution >= 0.6 is 22.9 Å². The molecule has 2 saturated heterocycles. The summed E-state index contributed by atoms with van der Waals surface area (Å²) in [6.07, 6.45) is -0.271. The molecule has 0 saturated carbocycles. The first-order valence-electron chi connectivity index (χ1n) is 10.4. The number of thiophene rings is 1. The number of nitrogens with zero attached hydrogens (tertiary/aromatic N) is 4. The summed E-state index contributed by atoms with van der Waals surface area (Å²) in [5, 5.41) is 3.51. The molecule has 5 rings (SSSR count). The van der Waals surface area contributed by atoms with Crippen LogP contribution in [0.3, 0.4) is 0 Å². The Morgan fingerprint density at radius 3 is 2.79 bits per heavy atom. The average Bonchev–Trinajstić information content (AvgIpc) is 3.43. The number of nitrogens with one attached hydrogen (secondary N) is 1. The number of imide groups is 1. The number of halogens is 2. The lowest BCUT2D eigenvalue weighted by Crippen LogP contribution is -2.30. The number of hydrogen-bond donors (Lipinski definition) is 1. The number of aryl methyl sites for hydroxylation is 1. The first-order chi connectivity index (χ1) is 15.8. The second kappa shape index (κ2) is 8.51. The number of alkyl halides is 1. The van der Waals surface area contributed by atoms with E-state index in [2.05, 4.69) is 15.3 Å². The topological polar surface area (TPSA) is 87.7 Å². The highest BCUT2D eigenvalue weighted by Gasteiger charge is 2.34. The molecule has 2 aromatic heterocycles. The van der Waals surface area contributed by atoms with Gasteiger partial charge < -0.3 is 15.0 Å². The van der Waals surface area contributed by atoms with E-state index in [0.717, 1.165) is 15.1 Å². The highest BCUT2D eigenvalue weighted by Crippen LogP contribution is 2.41. The van der Waals surface area contributed by atoms with Gasteiger partial charge in [0.25, 0.3) is 5.91 Å². The van der Waals surface area contributed by atoms with Crippen molar-refractivity contribution in [3.63, 3.8) is 0 Å². The molecule has 0 radical (unpaired) electrons. The van der Waals surface area contributed by atoms with Crippen molar-refractivity contribution in [2.75, 3.05) is 26.7 Å². The van der Waals surface area contributed by atoms with Crippen molar-refractivity contribution in [2.24, 2.45) is 0 Å². The number of hydrogen-bond acceptors (Lipinski definition) is 7. The van der Waals surface area contributed by atoms with Gasteiger partial charge in [0.15, 0.2) is 6.17 Å². The van der Waals surface area contributed by atoms with Crippen molar-refractivity contribution < 1.29 is 18.7 Å². The maximum Gasteiger partial charge on any atom is 0.327 e. The number of likely N-dealkylation sites (N-methyl/N-ethyl adjacent to an activating group) is 1. The molecule has 11 heteroatoms. The van der Waals surface area contributed by atoms with E-state index in [-0.39, 0.29) is 31.6 Å². The first kappa shape index (κ1) is 22.0. The Balaban J connectivity index is 1.55. The number of urea groups is 1. The highest BCUT2D eigenvalue weighted by atomic mass is 35.5. The van der Waals surface area contributed by atoms with Crippen LogP contribution in [-0.2, 0) is 11.3 Å². The van der Waals surface area contributed by atoms with Crippen molar-refractivity contribution in [3.8, 4) is 17.0 Å². The van der Waals surface area contributed by atoms with Gasteiger partial charge in [-0.25, -0.2) is 19.2 Å². The number of benzene rings is 1. The summed E-state index contributed by atoms with van der Waals surface area (Å²) < 4.78 is 21.1. The van der Waals surface area contributed by atoms with Crippen molar-refractivity contribution in [3.05, 3.63) is 40.0 Å². The van der Waals surface area contributed by atoms with Crippen molar-refractivity contribution in [2.45, 2.75) is 25.7 Å². The molecule has 2 aliphatic rings. The lowest BCUT2D eigenvalue weighted by molar-refractivity contribution is -0.125. The van der Waals surface area contributed by atoms with Gasteiger partial charge in [0.05, 0.1) is 22.5 Å². The van der Waals surface area contributed by atoms with Crippen LogP contribution in [0.5, 0.6) is 5.75 Å². The highest BCUT2D eigenvalue weighted by molar-refractivity contribution is 7.19. The fraction of sp³-hybridized carbons (Fsp3) is 0.364. The van der Waals surface area contributed by atoms with E-state index in [9.17, 15) is 14.0 Å². The van der Waals surface area contributed by atoms with Gasteiger partial charge >= 0.3 is 6.03 Å². The zero-order valence-electron chi connectivity index (χ0n) is 18.0. The summed E-state index contributed by atoms with van der Waals surface area (Å²) in [4.78, 5) is 36.7. The molecule has 2 aliphatic heterocycles. The molecular formula is C22H21ClFN5O3S. The minimum atomic E-state index is -1.11. The number of aromatic nitrogens is 2. The number of carbonyl (C=O) groups is 2. The summed E-state index contributed by atoms with van der Waals surface area (Å²) >= 11 is 7.76. The van der Waals surface area contributed by atoms with E-state index >= 15 is 0 Å². The van der Waals surface area contributed by atoms with E-state index in [1.165, 1.54) is 27.5 Å². The van der Waals surface area contributed by atoms with E-state index in [0.29, 0.717) is 34.1 Å². The second-order valence-electron chi connectivity index (χ2n) is 8.20. The Hall–Kier alpha value is -2.82. The molecule has 0 bridgehead atoms. The molecule has 3 amide bonds. The minimum absolute atomic E-state index is 0.0723. The normalized spacial score (nSPS) is 21.0. The Bertz CT molecular complexity index is 1270. The molecule has 0 aliphatic carbocycles. The Morgan fingerprint density at radius 2 is 2.09 bits per heavy atom. The Kier molecular flexibility index (Phi) is 5.67. The molecule has 172 valence electrons. The van der Waals surface area contributed by atoms with Crippen LogP contribution in [0.2, 0.25) is 5.02 Å². The molecule has 1 N–H and O–H groups in total. The largest absolute Gasteiger partial charge is 0.485 e. The predicted molar refractivity (Wildman–Crippen MR) is 123 cm³/mol. The van der Waals surface area contributed by atoms with E-state index in [1.54, 1.807) is 19.2 Å². The second-order valence-corrected chi connectivity index (χ2v) is 9.77. The standard InChI is InChI=1S/C22H21ClFN5O3S/c1-11-3-12(23)4-14(20(11)32-17-7-25-6-15(17)24)19-21-16(26-10-27-19)5-13(33-21)8-29-18(30)9-28(2)22(29)31/h3-5,10,15,17,25H,6-9H2,1-2H3/t15-,17+/m0/s1. The van der Waals surface area contributed by atoms with E-state index in [1.807, 2.05) is 13.0 Å². The summed E-state index contributed by atoms with van der Waals surface area (Å²) in [6.45, 7) is 2.76. The van der Waals surface area contributed by atoms with E-state index in [4.69, 9.17) is 16.3 Å². The maximum atomic E-state index is 14.3. The van der Waals surface area contributed by atoms with Gasteiger partial charge in [-0.1, -0.05) is 11.6 Å². The number of carbonyl (C=O) groups excluding carboxylic acids is 2. The third-order valence-corrected chi connectivity index (χ3v) is 7.09. The van der Waals surface area contributed by atoms with Crippen LogP contribution in [-0.4, -0.2) is 70.7 Å². The zero-order chi connectivity index (χ0) is 23.3. The SMILES string of the molecule is Cc1cc(Cl)cc(-c2ncnc3cc(CN4C(=O)CN(C)C4=O)sc23)c1O[C@@H]1CNC[C@@H]1F. The predicted octanol–water partition coefficient (Wildman–Crippen LogP) is 3.40. The molecule has 2 atom stereocenters. The minimum Gasteiger partial charge on any atom is -0.485 e. The third kappa shape index (κ3) is 4.03. The number of ether oxygens (including phenoxy) is 1. The summed E-state index contributed by atoms with van der Waals surface area (Å²) in [5.41, 5.74) is 2.71. The molecule has 0 unspecified atom stereocenters. The van der Waals surface area contributed by atoms with Crippen molar-refractivity contribution in [1.82, 2.24) is 25.1 Å². The van der Waals surface area contributed by atoms with Gasteiger partial charge in [-0.2, -0.15) is 0 Å². The van der Waals surface area contributed by atoms with Crippen LogP contribution in [0.1, 0.15) is 10.4 Å². The third-order valence-electron chi connectivity index (χ3n) is 5.76. The maximum absolute atomic E-state index is 14.3. The summed E-state index contributed by atoms with van der Waals surface area (Å²) in [5.74, 6) is 0.288. The quantitative estimate of drug-likeness (QED) is 0.553. The van der Waals surface area contributed by atoms with E-state index < -0.39 is 12.3 Å². The molecule has 0 spiro atoms. The smallest absolute Gasteiger partial charge is 0.327 e. The van der Waals surface area contributed by atoms with Crippen LogP contribution in [0.15, 0.2) is 24.5 Å². The fourth-order valence-corrected chi connectivity index (χ4v) is 5.48. The number of rotatable bonds is 5. The molecule has 3 aromatic rings. The van der Waals surface area contributed by atoms with Gasteiger partial charge in [0.1, 0.15) is 24.7 Å². The number of fused-ring (bicyclic) bond motifs is 1. The van der Waals surface area contributed by atoms with Gasteiger partial charge in [0.2, 0.25) is 0 Å². The van der Waals surface area contributed by atoms with Crippen molar-refractivity contribution in [1.29, 1.82) is 0 Å². The molecule has 33 heavy (non-hydrogen) atoms. The molecule has 4 heterocycles. The molecule has 2 fully saturated rings. The van der Waals surface area contributed by atoms with Crippen LogP contribution < -0.4 is 10.1 Å². The lowest BCUT2D eigenvalue weighted by Gasteiger charge is -2.20. The van der Waals surface area contributed by atoms with Gasteiger partial charge in [0, 0.05) is 35.6 Å². The average molecular weight is 490 g/mol. The summed E-state index contributed by atoms with van der Waals surface area (Å²) in [6, 6.07) is 5.05. The number of amides is 3.